The predicted molar refractivity (Wildman–Crippen MR) is 111 cm³/mol. The fourth-order valence-corrected chi connectivity index (χ4v) is 4.04. The second-order valence-corrected chi connectivity index (χ2v) is 7.72. The molecule has 4 N–H and O–H groups in total. The summed E-state index contributed by atoms with van der Waals surface area (Å²) in [6.07, 6.45) is -0.473. The highest BCUT2D eigenvalue weighted by Gasteiger charge is 2.39. The molecular weight excluding hydrogens is 400 g/mol. The highest BCUT2D eigenvalue weighted by atomic mass is 35.5. The van der Waals surface area contributed by atoms with Gasteiger partial charge >= 0.3 is 0 Å². The van der Waals surface area contributed by atoms with Gasteiger partial charge in [-0.05, 0) is 25.0 Å². The van der Waals surface area contributed by atoms with E-state index in [1.165, 1.54) is 4.90 Å². The summed E-state index contributed by atoms with van der Waals surface area (Å²) >= 11 is 1.60. The molecule has 0 saturated carbocycles. The van der Waals surface area contributed by atoms with Crippen molar-refractivity contribution in [3.8, 4) is 10.4 Å². The minimum atomic E-state index is -0.703. The van der Waals surface area contributed by atoms with Gasteiger partial charge in [-0.1, -0.05) is 24.3 Å². The molecule has 28 heavy (non-hydrogen) atoms. The lowest BCUT2D eigenvalue weighted by Gasteiger charge is -2.25. The average molecular weight is 425 g/mol. The Labute approximate surface area is 174 Å². The van der Waals surface area contributed by atoms with Crippen LogP contribution in [0.2, 0.25) is 0 Å². The summed E-state index contributed by atoms with van der Waals surface area (Å²) in [7, 11) is 0. The Bertz CT molecular complexity index is 825. The van der Waals surface area contributed by atoms with Gasteiger partial charge in [0.05, 0.1) is 28.2 Å². The van der Waals surface area contributed by atoms with Crippen molar-refractivity contribution in [3.05, 3.63) is 41.0 Å². The smallest absolute Gasteiger partial charge is 0.243 e. The first-order valence-electron chi connectivity index (χ1n) is 8.88. The van der Waals surface area contributed by atoms with Crippen molar-refractivity contribution in [2.24, 2.45) is 5.73 Å². The minimum Gasteiger partial charge on any atom is -0.391 e. The molecule has 1 saturated heterocycles. The van der Waals surface area contributed by atoms with Crippen LogP contribution in [0.1, 0.15) is 24.6 Å². The van der Waals surface area contributed by atoms with E-state index in [0.29, 0.717) is 6.54 Å². The second-order valence-electron chi connectivity index (χ2n) is 6.87. The fourth-order valence-electron chi connectivity index (χ4n) is 3.23. The summed E-state index contributed by atoms with van der Waals surface area (Å²) in [4.78, 5) is 31.5. The Morgan fingerprint density at radius 1 is 1.39 bits per heavy atom. The van der Waals surface area contributed by atoms with Crippen LogP contribution in [0.4, 0.5) is 0 Å². The van der Waals surface area contributed by atoms with Crippen molar-refractivity contribution < 1.29 is 14.7 Å². The van der Waals surface area contributed by atoms with Crippen LogP contribution in [-0.2, 0) is 16.1 Å². The Kier molecular flexibility index (Phi) is 7.54. The number of amides is 2. The lowest BCUT2D eigenvalue weighted by molar-refractivity contribution is -0.139. The van der Waals surface area contributed by atoms with E-state index in [9.17, 15) is 14.7 Å². The largest absolute Gasteiger partial charge is 0.391 e. The monoisotopic (exact) mass is 424 g/mol. The summed E-state index contributed by atoms with van der Waals surface area (Å²) in [5.41, 5.74) is 10.5. The molecule has 1 aliphatic heterocycles. The van der Waals surface area contributed by atoms with Gasteiger partial charge in [0.2, 0.25) is 11.8 Å². The molecular formula is C19H25ClN4O3S. The molecule has 3 rings (SSSR count). The maximum Gasteiger partial charge on any atom is 0.243 e. The maximum absolute atomic E-state index is 12.5. The number of nitrogens with two attached hydrogens (primary N) is 1. The summed E-state index contributed by atoms with van der Waals surface area (Å²) in [5, 5.41) is 12.7. The lowest BCUT2D eigenvalue weighted by Crippen LogP contribution is -2.50. The second kappa shape index (κ2) is 9.47. The van der Waals surface area contributed by atoms with E-state index in [1.54, 1.807) is 18.3 Å². The number of nitrogens with zero attached hydrogens (tertiary/aromatic N) is 2. The zero-order chi connectivity index (χ0) is 19.6. The van der Waals surface area contributed by atoms with Crippen LogP contribution in [0.5, 0.6) is 0 Å². The van der Waals surface area contributed by atoms with E-state index in [0.717, 1.165) is 21.7 Å². The van der Waals surface area contributed by atoms with Crippen LogP contribution >= 0.6 is 23.7 Å². The van der Waals surface area contributed by atoms with Crippen LogP contribution in [-0.4, -0.2) is 51.5 Å². The summed E-state index contributed by atoms with van der Waals surface area (Å²) in [6, 6.07) is 6.55. The summed E-state index contributed by atoms with van der Waals surface area (Å²) < 4.78 is 0. The van der Waals surface area contributed by atoms with Crippen LogP contribution in [0.3, 0.4) is 0 Å². The van der Waals surface area contributed by atoms with E-state index in [1.807, 2.05) is 36.7 Å². The van der Waals surface area contributed by atoms with Gasteiger partial charge in [-0.3, -0.25) is 9.59 Å². The number of halogens is 1. The van der Waals surface area contributed by atoms with Crippen molar-refractivity contribution in [2.75, 3.05) is 6.54 Å². The standard InChI is InChI=1S/C19H24N4O3S.ClH/c1-11(20)19(26)23-9-15(24)7-16(23)18(25)21-8-13-3-5-14(6-4-13)17-12(2)22-10-27-17;/h3-6,10-11,15-16,24H,7-9,20H2,1-2H3,(H,21,25);1H/t11-,15+,16-;/m0./s1. The van der Waals surface area contributed by atoms with E-state index in [4.69, 9.17) is 5.73 Å². The normalized spacial score (nSPS) is 19.8. The van der Waals surface area contributed by atoms with Crippen molar-refractivity contribution in [1.29, 1.82) is 0 Å². The van der Waals surface area contributed by atoms with E-state index in [2.05, 4.69) is 10.3 Å². The Hall–Kier alpha value is -2.00. The molecule has 3 atom stereocenters. The molecule has 0 aliphatic carbocycles. The van der Waals surface area contributed by atoms with Gasteiger partial charge in [-0.15, -0.1) is 23.7 Å². The van der Waals surface area contributed by atoms with Crippen molar-refractivity contribution in [2.45, 2.75) is 45.0 Å². The number of aromatic nitrogens is 1. The van der Waals surface area contributed by atoms with Gasteiger partial charge in [0.25, 0.3) is 0 Å². The number of aryl methyl sites for hydroxylation is 1. The molecule has 0 spiro atoms. The first-order valence-corrected chi connectivity index (χ1v) is 9.76. The number of rotatable bonds is 5. The highest BCUT2D eigenvalue weighted by molar-refractivity contribution is 7.13. The van der Waals surface area contributed by atoms with E-state index >= 15 is 0 Å². The zero-order valence-corrected chi connectivity index (χ0v) is 17.4. The molecule has 1 aromatic carbocycles. The van der Waals surface area contributed by atoms with Crippen molar-refractivity contribution in [1.82, 2.24) is 15.2 Å². The van der Waals surface area contributed by atoms with E-state index < -0.39 is 18.2 Å². The Balaban J connectivity index is 0.00000280. The number of aliphatic hydroxyl groups excluding tert-OH is 1. The predicted octanol–water partition coefficient (Wildman–Crippen LogP) is 1.47. The SMILES string of the molecule is Cc1ncsc1-c1ccc(CNC(=O)[C@@H]2C[C@@H](O)CN2C(=O)[C@H](C)N)cc1.Cl. The third-order valence-electron chi connectivity index (χ3n) is 4.68. The summed E-state index contributed by atoms with van der Waals surface area (Å²) in [5.74, 6) is -0.598. The number of carbonyl (C=O) groups is 2. The van der Waals surface area contributed by atoms with Crippen LogP contribution in [0.15, 0.2) is 29.8 Å². The first-order chi connectivity index (χ1) is 12.9. The van der Waals surface area contributed by atoms with Gasteiger partial charge in [-0.2, -0.15) is 0 Å². The average Bonchev–Trinajstić information content (AvgIpc) is 3.25. The molecule has 1 fully saturated rings. The van der Waals surface area contributed by atoms with Crippen LogP contribution in [0.25, 0.3) is 10.4 Å². The molecule has 0 radical (unpaired) electrons. The van der Waals surface area contributed by atoms with Gasteiger partial charge < -0.3 is 21.1 Å². The molecule has 1 aromatic heterocycles. The number of carbonyl (C=O) groups excluding carboxylic acids is 2. The quantitative estimate of drug-likeness (QED) is 0.673. The van der Waals surface area contributed by atoms with E-state index in [-0.39, 0.29) is 37.2 Å². The minimum absolute atomic E-state index is 0. The fraction of sp³-hybridized carbons (Fsp3) is 0.421. The molecule has 7 nitrogen and oxygen atoms in total. The van der Waals surface area contributed by atoms with Gasteiger partial charge in [0.1, 0.15) is 6.04 Å². The topological polar surface area (TPSA) is 109 Å². The number of benzene rings is 1. The number of β-amino-alcohol motifs (C(OH)–C–C–N with tert-alkyl or cyclic N) is 1. The first kappa shape index (κ1) is 22.3. The molecule has 2 aromatic rings. The molecule has 152 valence electrons. The summed E-state index contributed by atoms with van der Waals surface area (Å²) in [6.45, 7) is 4.05. The number of thiazole rings is 1. The number of hydrogen-bond acceptors (Lipinski definition) is 6. The third kappa shape index (κ3) is 4.88. The lowest BCUT2D eigenvalue weighted by atomic mass is 10.1. The number of hydrogen-bond donors (Lipinski definition) is 3. The maximum atomic E-state index is 12.5. The van der Waals surface area contributed by atoms with Crippen molar-refractivity contribution >= 4 is 35.6 Å². The molecule has 9 heteroatoms. The number of aliphatic hydroxyl groups is 1. The highest BCUT2D eigenvalue weighted by Crippen LogP contribution is 2.27. The number of nitrogens with one attached hydrogen (secondary N) is 1. The number of likely N-dealkylation sites (tertiary alicyclic amines) is 1. The molecule has 2 heterocycles. The van der Waals surface area contributed by atoms with Crippen molar-refractivity contribution in [3.63, 3.8) is 0 Å². The molecule has 0 bridgehead atoms. The van der Waals surface area contributed by atoms with Crippen LogP contribution < -0.4 is 11.1 Å². The van der Waals surface area contributed by atoms with Gasteiger partial charge in [0.15, 0.2) is 0 Å². The zero-order valence-electron chi connectivity index (χ0n) is 15.8. The Morgan fingerprint density at radius 2 is 2.07 bits per heavy atom. The third-order valence-corrected chi connectivity index (χ3v) is 5.66. The van der Waals surface area contributed by atoms with Gasteiger partial charge in [-0.25, -0.2) is 4.98 Å². The molecule has 1 aliphatic rings. The Morgan fingerprint density at radius 3 is 2.64 bits per heavy atom. The molecule has 2 amide bonds. The van der Waals surface area contributed by atoms with Crippen LogP contribution in [0, 0.1) is 6.92 Å². The molecule has 0 unspecified atom stereocenters. The van der Waals surface area contributed by atoms with Gasteiger partial charge in [0, 0.05) is 19.5 Å².